The highest BCUT2D eigenvalue weighted by Crippen LogP contribution is 2.29. The Balaban J connectivity index is 2.01. The smallest absolute Gasteiger partial charge is 0.221 e. The largest absolute Gasteiger partial charge is 0.481 e. The van der Waals surface area contributed by atoms with E-state index in [4.69, 9.17) is 4.74 Å². The summed E-state index contributed by atoms with van der Waals surface area (Å²) < 4.78 is 5.15. The van der Waals surface area contributed by atoms with Crippen LogP contribution in [0, 0.1) is 6.92 Å². The number of aromatic nitrogens is 2. The predicted molar refractivity (Wildman–Crippen MR) is 69.8 cm³/mol. The van der Waals surface area contributed by atoms with Crippen LogP contribution in [0.3, 0.4) is 0 Å². The molecule has 2 rings (SSSR count). The van der Waals surface area contributed by atoms with Crippen molar-refractivity contribution in [2.24, 2.45) is 0 Å². The zero-order valence-electron chi connectivity index (χ0n) is 11.1. The Morgan fingerprint density at radius 1 is 1.33 bits per heavy atom. The molecule has 100 valence electrons. The van der Waals surface area contributed by atoms with Gasteiger partial charge in [0, 0.05) is 6.54 Å². The Kier molecular flexibility index (Phi) is 4.01. The van der Waals surface area contributed by atoms with Crippen molar-refractivity contribution < 1.29 is 9.84 Å². The van der Waals surface area contributed by atoms with Gasteiger partial charge in [0.05, 0.1) is 18.3 Å². The monoisotopic (exact) mass is 251 g/mol. The first-order valence-corrected chi connectivity index (χ1v) is 6.46. The normalized spacial score (nSPS) is 18.4. The minimum absolute atomic E-state index is 0.536. The quantitative estimate of drug-likeness (QED) is 0.855. The van der Waals surface area contributed by atoms with Crippen molar-refractivity contribution in [1.29, 1.82) is 0 Å². The van der Waals surface area contributed by atoms with Crippen LogP contribution in [0.1, 0.15) is 37.7 Å². The van der Waals surface area contributed by atoms with Crippen molar-refractivity contribution in [3.63, 3.8) is 0 Å². The number of methoxy groups -OCH3 is 1. The van der Waals surface area contributed by atoms with E-state index in [0.29, 0.717) is 12.4 Å². The van der Waals surface area contributed by atoms with Gasteiger partial charge in [-0.05, 0) is 19.8 Å². The van der Waals surface area contributed by atoms with Gasteiger partial charge in [0.1, 0.15) is 12.1 Å². The van der Waals surface area contributed by atoms with Gasteiger partial charge < -0.3 is 15.2 Å². The maximum absolute atomic E-state index is 10.4. The van der Waals surface area contributed by atoms with Crippen molar-refractivity contribution in [3.8, 4) is 5.88 Å². The molecule has 0 spiro atoms. The topological polar surface area (TPSA) is 67.3 Å². The molecular weight excluding hydrogens is 230 g/mol. The van der Waals surface area contributed by atoms with E-state index in [2.05, 4.69) is 15.3 Å². The number of ether oxygens (including phenoxy) is 1. The SMILES string of the molecule is COc1ncnc(NCC2(O)CCCCC2)c1C. The molecule has 5 nitrogen and oxygen atoms in total. The van der Waals surface area contributed by atoms with Gasteiger partial charge in [0.15, 0.2) is 0 Å². The highest BCUT2D eigenvalue weighted by atomic mass is 16.5. The van der Waals surface area contributed by atoms with Gasteiger partial charge in [-0.25, -0.2) is 9.97 Å². The fraction of sp³-hybridized carbons (Fsp3) is 0.692. The number of aliphatic hydroxyl groups is 1. The average Bonchev–Trinajstić information content (AvgIpc) is 2.38. The standard InChI is InChI=1S/C13H21N3O2/c1-10-11(15-9-16-12(10)18-2)14-8-13(17)6-4-3-5-7-13/h9,17H,3-8H2,1-2H3,(H,14,15,16). The summed E-state index contributed by atoms with van der Waals surface area (Å²) >= 11 is 0. The van der Waals surface area contributed by atoms with E-state index < -0.39 is 5.60 Å². The Morgan fingerprint density at radius 2 is 2.06 bits per heavy atom. The minimum Gasteiger partial charge on any atom is -0.481 e. The summed E-state index contributed by atoms with van der Waals surface area (Å²) in [6, 6.07) is 0. The molecule has 0 aliphatic heterocycles. The van der Waals surface area contributed by atoms with Gasteiger partial charge in [0.2, 0.25) is 5.88 Å². The van der Waals surface area contributed by atoms with Crippen molar-refractivity contribution in [2.45, 2.75) is 44.6 Å². The van der Waals surface area contributed by atoms with Crippen LogP contribution in [0.4, 0.5) is 5.82 Å². The van der Waals surface area contributed by atoms with Crippen LogP contribution in [-0.4, -0.2) is 34.3 Å². The lowest BCUT2D eigenvalue weighted by Crippen LogP contribution is -2.39. The van der Waals surface area contributed by atoms with Crippen LogP contribution >= 0.6 is 0 Å². The van der Waals surface area contributed by atoms with Crippen LogP contribution in [-0.2, 0) is 0 Å². The molecule has 0 saturated heterocycles. The Labute approximate surface area is 108 Å². The third-order valence-electron chi connectivity index (χ3n) is 3.60. The van der Waals surface area contributed by atoms with Gasteiger partial charge >= 0.3 is 0 Å². The molecule has 0 amide bonds. The molecule has 0 unspecified atom stereocenters. The van der Waals surface area contributed by atoms with Gasteiger partial charge in [0.25, 0.3) is 0 Å². The Morgan fingerprint density at radius 3 is 2.72 bits per heavy atom. The first kappa shape index (κ1) is 13.1. The number of rotatable bonds is 4. The average molecular weight is 251 g/mol. The fourth-order valence-electron chi connectivity index (χ4n) is 2.45. The number of anilines is 1. The molecule has 0 aromatic carbocycles. The van der Waals surface area contributed by atoms with Gasteiger partial charge in [-0.2, -0.15) is 0 Å². The first-order valence-electron chi connectivity index (χ1n) is 6.46. The summed E-state index contributed by atoms with van der Waals surface area (Å²) in [6.45, 7) is 2.44. The highest BCUT2D eigenvalue weighted by Gasteiger charge is 2.29. The van der Waals surface area contributed by atoms with E-state index >= 15 is 0 Å². The van der Waals surface area contributed by atoms with E-state index in [9.17, 15) is 5.11 Å². The van der Waals surface area contributed by atoms with Crippen molar-refractivity contribution in [1.82, 2.24) is 9.97 Å². The second-order valence-electron chi connectivity index (χ2n) is 5.00. The predicted octanol–water partition coefficient (Wildman–Crippen LogP) is 1.90. The summed E-state index contributed by atoms with van der Waals surface area (Å²) in [7, 11) is 1.59. The third-order valence-corrected chi connectivity index (χ3v) is 3.60. The summed E-state index contributed by atoms with van der Waals surface area (Å²) in [5.41, 5.74) is 0.280. The lowest BCUT2D eigenvalue weighted by atomic mass is 9.85. The van der Waals surface area contributed by atoms with E-state index in [-0.39, 0.29) is 0 Å². The van der Waals surface area contributed by atoms with E-state index in [1.807, 2.05) is 6.92 Å². The van der Waals surface area contributed by atoms with Crippen molar-refractivity contribution in [2.75, 3.05) is 19.0 Å². The molecule has 1 heterocycles. The molecule has 5 heteroatoms. The molecule has 2 N–H and O–H groups in total. The van der Waals surface area contributed by atoms with Gasteiger partial charge in [-0.3, -0.25) is 0 Å². The summed E-state index contributed by atoms with van der Waals surface area (Å²) in [4.78, 5) is 8.22. The lowest BCUT2D eigenvalue weighted by Gasteiger charge is -2.32. The van der Waals surface area contributed by atoms with E-state index in [1.54, 1.807) is 7.11 Å². The minimum atomic E-state index is -0.594. The number of nitrogens with zero attached hydrogens (tertiary/aromatic N) is 2. The van der Waals surface area contributed by atoms with E-state index in [0.717, 1.165) is 37.1 Å². The van der Waals surface area contributed by atoms with Crippen LogP contribution in [0.2, 0.25) is 0 Å². The zero-order chi connectivity index (χ0) is 13.0. The molecular formula is C13H21N3O2. The molecule has 1 aliphatic carbocycles. The molecule has 1 fully saturated rings. The van der Waals surface area contributed by atoms with Crippen molar-refractivity contribution >= 4 is 5.82 Å². The molecule has 18 heavy (non-hydrogen) atoms. The molecule has 1 aliphatic rings. The van der Waals surface area contributed by atoms with Crippen LogP contribution < -0.4 is 10.1 Å². The molecule has 0 bridgehead atoms. The summed E-state index contributed by atoms with van der Waals surface area (Å²) in [6.07, 6.45) is 6.62. The molecule has 1 aromatic heterocycles. The zero-order valence-corrected chi connectivity index (χ0v) is 11.1. The lowest BCUT2D eigenvalue weighted by molar-refractivity contribution is 0.0166. The maximum atomic E-state index is 10.4. The second kappa shape index (κ2) is 5.52. The summed E-state index contributed by atoms with van der Waals surface area (Å²) in [5, 5.41) is 13.6. The number of hydrogen-bond acceptors (Lipinski definition) is 5. The van der Waals surface area contributed by atoms with Gasteiger partial charge in [-0.1, -0.05) is 19.3 Å². The molecule has 1 saturated carbocycles. The Hall–Kier alpha value is -1.36. The fourth-order valence-corrected chi connectivity index (χ4v) is 2.45. The molecule has 1 aromatic rings. The van der Waals surface area contributed by atoms with Crippen LogP contribution in [0.15, 0.2) is 6.33 Å². The second-order valence-corrected chi connectivity index (χ2v) is 5.00. The van der Waals surface area contributed by atoms with Gasteiger partial charge in [-0.15, -0.1) is 0 Å². The molecule has 0 radical (unpaired) electrons. The Bertz CT molecular complexity index is 403. The summed E-state index contributed by atoms with van der Waals surface area (Å²) in [5.74, 6) is 1.31. The van der Waals surface area contributed by atoms with Crippen LogP contribution in [0.25, 0.3) is 0 Å². The maximum Gasteiger partial charge on any atom is 0.221 e. The van der Waals surface area contributed by atoms with E-state index in [1.165, 1.54) is 12.7 Å². The first-order chi connectivity index (χ1) is 8.64. The van der Waals surface area contributed by atoms with Crippen LogP contribution in [0.5, 0.6) is 5.88 Å². The number of nitrogens with one attached hydrogen (secondary N) is 1. The number of hydrogen-bond donors (Lipinski definition) is 2. The molecule has 0 atom stereocenters. The van der Waals surface area contributed by atoms with Crippen molar-refractivity contribution in [3.05, 3.63) is 11.9 Å². The third kappa shape index (κ3) is 2.90. The highest BCUT2D eigenvalue weighted by molar-refractivity contribution is 5.47.